The maximum atomic E-state index is 12.5. The fraction of sp³-hybridized carbons (Fsp3) is 0.263. The number of anilines is 1. The molecule has 2 aromatic rings. The lowest BCUT2D eigenvalue weighted by molar-refractivity contribution is -0.115. The van der Waals surface area contributed by atoms with Crippen LogP contribution in [0.25, 0.3) is 0 Å². The molecule has 26 heavy (non-hydrogen) atoms. The Bertz CT molecular complexity index is 867. The standard InChI is InChI=1S/C19H19ClN2O4/c1-11-13(19(24)21-2)4-3-5-15(11)22-18(23)9-12-8-16-17(10-14(12)20)26-7-6-25-16/h3-5,8,10H,6-7,9H2,1-2H3,(H,21,24)(H,22,23). The van der Waals surface area contributed by atoms with Gasteiger partial charge in [-0.3, -0.25) is 9.59 Å². The van der Waals surface area contributed by atoms with E-state index in [1.807, 2.05) is 0 Å². The minimum absolute atomic E-state index is 0.0825. The van der Waals surface area contributed by atoms with Gasteiger partial charge in [-0.2, -0.15) is 0 Å². The molecule has 6 nitrogen and oxygen atoms in total. The van der Waals surface area contributed by atoms with E-state index < -0.39 is 0 Å². The molecule has 2 aromatic carbocycles. The maximum Gasteiger partial charge on any atom is 0.251 e. The van der Waals surface area contributed by atoms with Crippen molar-refractivity contribution in [1.82, 2.24) is 5.32 Å². The van der Waals surface area contributed by atoms with E-state index in [1.165, 1.54) is 0 Å². The highest BCUT2D eigenvalue weighted by atomic mass is 35.5. The third kappa shape index (κ3) is 3.75. The summed E-state index contributed by atoms with van der Waals surface area (Å²) in [7, 11) is 1.57. The summed E-state index contributed by atoms with van der Waals surface area (Å²) in [5.41, 5.74) is 2.45. The number of hydrogen-bond donors (Lipinski definition) is 2. The van der Waals surface area contributed by atoms with Gasteiger partial charge in [0.2, 0.25) is 5.91 Å². The van der Waals surface area contributed by atoms with Crippen LogP contribution in [0.1, 0.15) is 21.5 Å². The van der Waals surface area contributed by atoms with Gasteiger partial charge in [0, 0.05) is 29.4 Å². The van der Waals surface area contributed by atoms with Gasteiger partial charge in [0.15, 0.2) is 11.5 Å². The van der Waals surface area contributed by atoms with Gasteiger partial charge in [-0.05, 0) is 36.2 Å². The number of benzene rings is 2. The zero-order valence-corrected chi connectivity index (χ0v) is 15.3. The molecule has 7 heteroatoms. The van der Waals surface area contributed by atoms with Crippen molar-refractivity contribution >= 4 is 29.1 Å². The fourth-order valence-corrected chi connectivity index (χ4v) is 2.98. The zero-order valence-electron chi connectivity index (χ0n) is 14.5. The van der Waals surface area contributed by atoms with Crippen molar-refractivity contribution in [3.05, 3.63) is 52.0 Å². The van der Waals surface area contributed by atoms with Gasteiger partial charge in [-0.25, -0.2) is 0 Å². The molecular formula is C19H19ClN2O4. The Kier molecular flexibility index (Phi) is 5.32. The molecule has 2 amide bonds. The Morgan fingerprint density at radius 3 is 2.54 bits per heavy atom. The average molecular weight is 375 g/mol. The topological polar surface area (TPSA) is 76.7 Å². The Morgan fingerprint density at radius 1 is 1.15 bits per heavy atom. The van der Waals surface area contributed by atoms with E-state index in [9.17, 15) is 9.59 Å². The number of fused-ring (bicyclic) bond motifs is 1. The quantitative estimate of drug-likeness (QED) is 0.862. The first-order chi connectivity index (χ1) is 12.5. The minimum atomic E-state index is -0.235. The Balaban J connectivity index is 1.77. The van der Waals surface area contributed by atoms with Crippen LogP contribution in [-0.4, -0.2) is 32.1 Å². The summed E-state index contributed by atoms with van der Waals surface area (Å²) in [6.07, 6.45) is 0.0825. The van der Waals surface area contributed by atoms with E-state index in [4.69, 9.17) is 21.1 Å². The maximum absolute atomic E-state index is 12.5. The summed E-state index contributed by atoms with van der Waals surface area (Å²) in [5.74, 6) is 0.731. The molecule has 2 N–H and O–H groups in total. The summed E-state index contributed by atoms with van der Waals surface area (Å²) in [6, 6.07) is 8.58. The third-order valence-electron chi connectivity index (χ3n) is 4.14. The Labute approximate surface area is 156 Å². The monoisotopic (exact) mass is 374 g/mol. The molecule has 0 unspecified atom stereocenters. The summed E-state index contributed by atoms with van der Waals surface area (Å²) < 4.78 is 11.0. The van der Waals surface area contributed by atoms with Crippen LogP contribution in [0.3, 0.4) is 0 Å². The molecule has 136 valence electrons. The lowest BCUT2D eigenvalue weighted by atomic mass is 10.1. The number of carbonyl (C=O) groups is 2. The summed E-state index contributed by atoms with van der Waals surface area (Å²) in [4.78, 5) is 24.3. The zero-order chi connectivity index (χ0) is 18.7. The second-order valence-corrected chi connectivity index (χ2v) is 6.28. The molecule has 0 aliphatic carbocycles. The molecule has 1 aliphatic rings. The van der Waals surface area contributed by atoms with Crippen LogP contribution >= 0.6 is 11.6 Å². The molecule has 0 saturated carbocycles. The van der Waals surface area contributed by atoms with Crippen molar-refractivity contribution in [3.8, 4) is 11.5 Å². The van der Waals surface area contributed by atoms with Gasteiger partial charge in [-0.1, -0.05) is 17.7 Å². The van der Waals surface area contributed by atoms with Crippen LogP contribution in [0.5, 0.6) is 11.5 Å². The molecule has 0 radical (unpaired) electrons. The Hall–Kier alpha value is -2.73. The van der Waals surface area contributed by atoms with Crippen LogP contribution < -0.4 is 20.1 Å². The highest BCUT2D eigenvalue weighted by molar-refractivity contribution is 6.31. The predicted molar refractivity (Wildman–Crippen MR) is 99.3 cm³/mol. The normalized spacial score (nSPS) is 12.4. The second-order valence-electron chi connectivity index (χ2n) is 5.87. The van der Waals surface area contributed by atoms with Gasteiger partial charge < -0.3 is 20.1 Å². The molecule has 3 rings (SSSR count). The van der Waals surface area contributed by atoms with Crippen LogP contribution in [0.2, 0.25) is 5.02 Å². The van der Waals surface area contributed by atoms with Crippen LogP contribution in [0, 0.1) is 6.92 Å². The number of hydrogen-bond acceptors (Lipinski definition) is 4. The highest BCUT2D eigenvalue weighted by Gasteiger charge is 2.18. The van der Waals surface area contributed by atoms with Gasteiger partial charge in [0.05, 0.1) is 6.42 Å². The highest BCUT2D eigenvalue weighted by Crippen LogP contribution is 2.35. The first kappa shape index (κ1) is 18.1. The average Bonchev–Trinajstić information content (AvgIpc) is 2.63. The van der Waals surface area contributed by atoms with Crippen LogP contribution in [0.4, 0.5) is 5.69 Å². The summed E-state index contributed by atoms with van der Waals surface area (Å²) in [5, 5.41) is 5.86. The Morgan fingerprint density at radius 2 is 1.85 bits per heavy atom. The van der Waals surface area contributed by atoms with Crippen molar-refractivity contribution in [2.24, 2.45) is 0 Å². The molecule has 0 fully saturated rings. The van der Waals surface area contributed by atoms with Crippen LogP contribution in [0.15, 0.2) is 30.3 Å². The number of carbonyl (C=O) groups excluding carboxylic acids is 2. The van der Waals surface area contributed by atoms with Gasteiger partial charge >= 0.3 is 0 Å². The van der Waals surface area contributed by atoms with Gasteiger partial charge in [0.1, 0.15) is 13.2 Å². The second kappa shape index (κ2) is 7.66. The number of ether oxygens (including phenoxy) is 2. The van der Waals surface area contributed by atoms with Crippen molar-refractivity contribution in [2.45, 2.75) is 13.3 Å². The van der Waals surface area contributed by atoms with Crippen molar-refractivity contribution in [1.29, 1.82) is 0 Å². The number of halogens is 1. The van der Waals surface area contributed by atoms with E-state index in [0.29, 0.717) is 52.1 Å². The van der Waals surface area contributed by atoms with E-state index in [1.54, 1.807) is 44.3 Å². The molecule has 1 aliphatic heterocycles. The molecular weight excluding hydrogens is 356 g/mol. The van der Waals surface area contributed by atoms with E-state index in [0.717, 1.165) is 0 Å². The SMILES string of the molecule is CNC(=O)c1cccc(NC(=O)Cc2cc3c(cc2Cl)OCCO3)c1C. The van der Waals surface area contributed by atoms with Crippen LogP contribution in [-0.2, 0) is 11.2 Å². The van der Waals surface area contributed by atoms with E-state index in [2.05, 4.69) is 10.6 Å². The first-order valence-corrected chi connectivity index (χ1v) is 8.57. The molecule has 0 aromatic heterocycles. The molecule has 0 bridgehead atoms. The molecule has 0 atom stereocenters. The number of nitrogens with one attached hydrogen (secondary N) is 2. The number of rotatable bonds is 4. The summed E-state index contributed by atoms with van der Waals surface area (Å²) >= 11 is 6.26. The lowest BCUT2D eigenvalue weighted by Gasteiger charge is -2.20. The minimum Gasteiger partial charge on any atom is -0.486 e. The molecule has 0 spiro atoms. The van der Waals surface area contributed by atoms with Crippen molar-refractivity contribution in [3.63, 3.8) is 0 Å². The smallest absolute Gasteiger partial charge is 0.251 e. The van der Waals surface area contributed by atoms with Gasteiger partial charge in [-0.15, -0.1) is 0 Å². The lowest BCUT2D eigenvalue weighted by Crippen LogP contribution is -2.21. The third-order valence-corrected chi connectivity index (χ3v) is 4.49. The number of amides is 2. The largest absolute Gasteiger partial charge is 0.486 e. The van der Waals surface area contributed by atoms with Crippen molar-refractivity contribution in [2.75, 3.05) is 25.6 Å². The van der Waals surface area contributed by atoms with Gasteiger partial charge in [0.25, 0.3) is 5.91 Å². The predicted octanol–water partition coefficient (Wildman–Crippen LogP) is 2.96. The fourth-order valence-electron chi connectivity index (χ4n) is 2.76. The molecule has 0 saturated heterocycles. The van der Waals surface area contributed by atoms with E-state index >= 15 is 0 Å². The van der Waals surface area contributed by atoms with Crippen molar-refractivity contribution < 1.29 is 19.1 Å². The van der Waals surface area contributed by atoms with E-state index in [-0.39, 0.29) is 18.2 Å². The summed E-state index contributed by atoms with van der Waals surface area (Å²) in [6.45, 7) is 2.73. The molecule has 1 heterocycles. The first-order valence-electron chi connectivity index (χ1n) is 8.19.